The summed E-state index contributed by atoms with van der Waals surface area (Å²) >= 11 is 0. The van der Waals surface area contributed by atoms with Gasteiger partial charge in [-0.05, 0) is 26.7 Å². The summed E-state index contributed by atoms with van der Waals surface area (Å²) in [5, 5.41) is 12.6. The second-order valence-electron chi connectivity index (χ2n) is 6.14. The molecule has 1 saturated heterocycles. The number of ether oxygens (including phenoxy) is 1. The Morgan fingerprint density at radius 3 is 2.63 bits per heavy atom. The van der Waals surface area contributed by atoms with E-state index in [4.69, 9.17) is 25.8 Å². The van der Waals surface area contributed by atoms with Gasteiger partial charge in [-0.2, -0.15) is 0 Å². The molecule has 1 aliphatic heterocycles. The topological polar surface area (TPSA) is 203 Å². The van der Waals surface area contributed by atoms with Gasteiger partial charge in [0.2, 0.25) is 0 Å². The number of carboxylic acids is 1. The number of primary amides is 1. The maximum Gasteiger partial charge on any atom is 0.403 e. The summed E-state index contributed by atoms with van der Waals surface area (Å²) in [6.07, 6.45) is 1.28. The van der Waals surface area contributed by atoms with Crippen molar-refractivity contribution in [1.29, 1.82) is 0 Å². The first-order valence-electron chi connectivity index (χ1n) is 8.07. The minimum Gasteiger partial charge on any atom is -0.480 e. The molecule has 0 aromatic rings. The second kappa shape index (κ2) is 9.93. The van der Waals surface area contributed by atoms with Crippen LogP contribution in [-0.2, 0) is 23.4 Å². The number of hydrogen-bond donors (Lipinski definition) is 6. The van der Waals surface area contributed by atoms with Crippen molar-refractivity contribution in [3.05, 3.63) is 11.6 Å². The summed E-state index contributed by atoms with van der Waals surface area (Å²) in [6, 6.07) is -2.70. The lowest BCUT2D eigenvalue weighted by Gasteiger charge is -2.20. The highest BCUT2D eigenvalue weighted by atomic mass is 31.2. The number of carbonyl (C=O) groups is 3. The highest BCUT2D eigenvalue weighted by molar-refractivity contribution is 7.50. The monoisotopic (exact) mass is 408 g/mol. The summed E-state index contributed by atoms with van der Waals surface area (Å²) in [5.74, 6) is -1.92. The molecule has 0 saturated carbocycles. The van der Waals surface area contributed by atoms with Crippen LogP contribution in [0.4, 0.5) is 4.79 Å². The van der Waals surface area contributed by atoms with Crippen molar-refractivity contribution in [2.24, 2.45) is 11.5 Å². The Kier molecular flexibility index (Phi) is 8.54. The number of hydrogen-bond acceptors (Lipinski definition) is 7. The van der Waals surface area contributed by atoms with Gasteiger partial charge < -0.3 is 26.2 Å². The van der Waals surface area contributed by atoms with Gasteiger partial charge in [-0.25, -0.2) is 14.4 Å². The number of imide groups is 1. The van der Waals surface area contributed by atoms with Crippen LogP contribution in [0.15, 0.2) is 11.6 Å². The quantitative estimate of drug-likeness (QED) is 0.207. The van der Waals surface area contributed by atoms with Crippen LogP contribution in [0.3, 0.4) is 0 Å². The maximum absolute atomic E-state index is 11.8. The van der Waals surface area contributed by atoms with E-state index in [9.17, 15) is 23.8 Å². The lowest BCUT2D eigenvalue weighted by Crippen LogP contribution is -2.36. The van der Waals surface area contributed by atoms with E-state index in [1.54, 1.807) is 6.08 Å². The molecule has 1 rings (SSSR count). The van der Waals surface area contributed by atoms with Crippen molar-refractivity contribution in [1.82, 2.24) is 10.4 Å². The number of nitrogens with two attached hydrogens (primary N) is 2. The fraction of sp³-hybridized carbons (Fsp3) is 0.643. The third kappa shape index (κ3) is 8.16. The average Bonchev–Trinajstić information content (AvgIpc) is 2.89. The van der Waals surface area contributed by atoms with Gasteiger partial charge in [-0.15, -0.1) is 0 Å². The fourth-order valence-electron chi connectivity index (χ4n) is 2.30. The minimum absolute atomic E-state index is 0.275. The number of aliphatic carboxylic acids is 1. The van der Waals surface area contributed by atoms with Gasteiger partial charge in [0.15, 0.2) is 0 Å². The van der Waals surface area contributed by atoms with Gasteiger partial charge in [0.1, 0.15) is 6.04 Å². The second-order valence-corrected chi connectivity index (χ2v) is 7.70. The smallest absolute Gasteiger partial charge is 0.403 e. The molecule has 0 aromatic heterocycles. The van der Waals surface area contributed by atoms with Gasteiger partial charge in [0.25, 0.3) is 5.91 Å². The molecule has 12 nitrogen and oxygen atoms in total. The molecule has 0 radical (unpaired) electrons. The van der Waals surface area contributed by atoms with Crippen LogP contribution in [-0.4, -0.2) is 58.8 Å². The molecule has 1 aliphatic rings. The van der Waals surface area contributed by atoms with Crippen molar-refractivity contribution < 1.29 is 38.2 Å². The standard InChI is InChI=1S/C14H25N4O8P/c1-7(12(19)17-14(16)22)3-4-9-5-10(15)11(26-9)6-25-27(23,24)18-8(2)13(20)21/h3,8-11H,4-6,15H2,1-2H3,(H,20,21)(H2,18,23,24)(H3,16,17,19,22)/b7-3-. The predicted octanol–water partition coefficient (Wildman–Crippen LogP) is -0.818. The molecule has 13 heteroatoms. The van der Waals surface area contributed by atoms with Crippen LogP contribution >= 0.6 is 7.75 Å². The number of urea groups is 1. The van der Waals surface area contributed by atoms with E-state index in [0.29, 0.717) is 12.8 Å². The summed E-state index contributed by atoms with van der Waals surface area (Å²) < 4.78 is 22.3. The van der Waals surface area contributed by atoms with Gasteiger partial charge >= 0.3 is 19.7 Å². The number of nitrogens with one attached hydrogen (secondary N) is 2. The van der Waals surface area contributed by atoms with E-state index in [-0.39, 0.29) is 18.3 Å². The molecule has 0 aliphatic carbocycles. The van der Waals surface area contributed by atoms with Crippen molar-refractivity contribution in [2.45, 2.75) is 51.0 Å². The van der Waals surface area contributed by atoms with Crippen LogP contribution in [0.1, 0.15) is 26.7 Å². The zero-order chi connectivity index (χ0) is 20.8. The van der Waals surface area contributed by atoms with E-state index in [1.165, 1.54) is 13.8 Å². The van der Waals surface area contributed by atoms with E-state index in [0.717, 1.165) is 0 Å². The molecule has 1 heterocycles. The first kappa shape index (κ1) is 23.2. The third-order valence-electron chi connectivity index (χ3n) is 3.80. The van der Waals surface area contributed by atoms with Crippen molar-refractivity contribution in [2.75, 3.05) is 6.61 Å². The van der Waals surface area contributed by atoms with Crippen molar-refractivity contribution >= 4 is 25.7 Å². The number of carboxylic acid groups (broad SMARTS) is 1. The predicted molar refractivity (Wildman–Crippen MR) is 93.4 cm³/mol. The number of rotatable bonds is 9. The molecular weight excluding hydrogens is 383 g/mol. The van der Waals surface area contributed by atoms with Crippen molar-refractivity contribution in [3.63, 3.8) is 0 Å². The van der Waals surface area contributed by atoms with E-state index >= 15 is 0 Å². The van der Waals surface area contributed by atoms with Gasteiger partial charge in [-0.1, -0.05) is 6.08 Å². The Bertz CT molecular complexity index is 655. The normalized spacial score (nSPS) is 26.2. The molecule has 5 unspecified atom stereocenters. The van der Waals surface area contributed by atoms with Crippen LogP contribution < -0.4 is 21.9 Å². The van der Waals surface area contributed by atoms with Gasteiger partial charge in [0, 0.05) is 11.6 Å². The van der Waals surface area contributed by atoms with Crippen LogP contribution in [0.2, 0.25) is 0 Å². The zero-order valence-corrected chi connectivity index (χ0v) is 15.8. The highest BCUT2D eigenvalue weighted by Crippen LogP contribution is 2.38. The summed E-state index contributed by atoms with van der Waals surface area (Å²) in [5.41, 5.74) is 11.1. The zero-order valence-electron chi connectivity index (χ0n) is 15.0. The lowest BCUT2D eigenvalue weighted by molar-refractivity contribution is -0.138. The molecule has 5 atom stereocenters. The van der Waals surface area contributed by atoms with Gasteiger partial charge in [-0.3, -0.25) is 19.4 Å². The average molecular weight is 408 g/mol. The SMILES string of the molecule is C/C(=C/CC1CC(N)C(COP(=O)(O)NC(C)C(=O)O)O1)C(=O)NC(N)=O. The van der Waals surface area contributed by atoms with E-state index in [2.05, 4.69) is 0 Å². The van der Waals surface area contributed by atoms with E-state index in [1.807, 2.05) is 10.4 Å². The molecule has 27 heavy (non-hydrogen) atoms. The van der Waals surface area contributed by atoms with Crippen molar-refractivity contribution in [3.8, 4) is 0 Å². The largest absolute Gasteiger partial charge is 0.480 e. The molecular formula is C14H25N4O8P. The van der Waals surface area contributed by atoms with Crippen LogP contribution in [0.25, 0.3) is 0 Å². The fourth-order valence-corrected chi connectivity index (χ4v) is 3.32. The maximum atomic E-state index is 11.8. The Balaban J connectivity index is 2.51. The summed E-state index contributed by atoms with van der Waals surface area (Å²) in [4.78, 5) is 42.5. The molecule has 0 aromatic carbocycles. The van der Waals surface area contributed by atoms with Crippen LogP contribution in [0, 0.1) is 0 Å². The Morgan fingerprint density at radius 2 is 2.07 bits per heavy atom. The Morgan fingerprint density at radius 1 is 1.44 bits per heavy atom. The molecule has 1 fully saturated rings. The molecule has 0 spiro atoms. The first-order valence-corrected chi connectivity index (χ1v) is 9.65. The molecule has 8 N–H and O–H groups in total. The van der Waals surface area contributed by atoms with E-state index < -0.39 is 43.8 Å². The Hall–Kier alpha value is -1.82. The van der Waals surface area contributed by atoms with Gasteiger partial charge in [0.05, 0.1) is 18.8 Å². The highest BCUT2D eigenvalue weighted by Gasteiger charge is 2.35. The molecule has 3 amide bonds. The first-order chi connectivity index (χ1) is 12.4. The third-order valence-corrected chi connectivity index (χ3v) is 5.02. The molecule has 154 valence electrons. The number of amides is 3. The summed E-state index contributed by atoms with van der Waals surface area (Å²) in [6.45, 7) is 2.39. The molecule has 0 bridgehead atoms. The minimum atomic E-state index is -4.33. The number of carbonyl (C=O) groups excluding carboxylic acids is 2. The Labute approximate surface area is 155 Å². The summed E-state index contributed by atoms with van der Waals surface area (Å²) in [7, 11) is -4.33. The van der Waals surface area contributed by atoms with Crippen LogP contribution in [0.5, 0.6) is 0 Å². The lowest BCUT2D eigenvalue weighted by atomic mass is 10.1.